The Kier molecular flexibility index (Phi) is 5.56. The minimum absolute atomic E-state index is 0.0817. The normalized spacial score (nSPS) is 18.9. The Balaban J connectivity index is 1.65. The van der Waals surface area contributed by atoms with Crippen LogP contribution in [0.1, 0.15) is 44.2 Å². The summed E-state index contributed by atoms with van der Waals surface area (Å²) < 4.78 is 12.4. The van der Waals surface area contributed by atoms with Gasteiger partial charge in [0.15, 0.2) is 0 Å². The Morgan fingerprint density at radius 1 is 1.19 bits per heavy atom. The highest BCUT2D eigenvalue weighted by Crippen LogP contribution is 2.46. The van der Waals surface area contributed by atoms with Crippen molar-refractivity contribution in [1.29, 1.82) is 0 Å². The monoisotopic (exact) mass is 417 g/mol. The van der Waals surface area contributed by atoms with Crippen LogP contribution >= 0.6 is 15.9 Å². The minimum Gasteiger partial charge on any atom is -0.489 e. The van der Waals surface area contributed by atoms with Crippen molar-refractivity contribution < 1.29 is 14.3 Å². The van der Waals surface area contributed by atoms with Gasteiger partial charge in [-0.15, -0.1) is 0 Å². The number of benzene rings is 2. The topological polar surface area (TPSA) is 47.6 Å². The van der Waals surface area contributed by atoms with Gasteiger partial charge in [-0.1, -0.05) is 46.3 Å². The third kappa shape index (κ3) is 5.24. The van der Waals surface area contributed by atoms with E-state index in [2.05, 4.69) is 27.3 Å². The molecule has 0 unspecified atom stereocenters. The molecule has 1 aliphatic carbocycles. The van der Waals surface area contributed by atoms with E-state index >= 15 is 0 Å². The fourth-order valence-electron chi connectivity index (χ4n) is 2.83. The van der Waals surface area contributed by atoms with E-state index in [9.17, 15) is 4.79 Å². The summed E-state index contributed by atoms with van der Waals surface area (Å²) >= 11 is 3.53. The predicted molar refractivity (Wildman–Crippen MR) is 105 cm³/mol. The van der Waals surface area contributed by atoms with Gasteiger partial charge in [-0.25, -0.2) is 4.79 Å². The summed E-state index contributed by atoms with van der Waals surface area (Å²) in [7, 11) is 0. The summed E-state index contributed by atoms with van der Waals surface area (Å²) in [6, 6.07) is 16.2. The predicted octanol–water partition coefficient (Wildman–Crippen LogP) is 5.41. The summed E-state index contributed by atoms with van der Waals surface area (Å²) in [5, 5.41) is 2.95. The van der Waals surface area contributed by atoms with Gasteiger partial charge < -0.3 is 14.8 Å². The molecule has 0 saturated heterocycles. The molecule has 138 valence electrons. The molecule has 3 rings (SSSR count). The highest BCUT2D eigenvalue weighted by molar-refractivity contribution is 9.10. The number of hydrogen-bond donors (Lipinski definition) is 1. The molecule has 1 saturated carbocycles. The van der Waals surface area contributed by atoms with Crippen molar-refractivity contribution in [2.45, 2.75) is 51.4 Å². The molecule has 1 N–H and O–H groups in total. The fourth-order valence-corrected chi connectivity index (χ4v) is 3.21. The third-order valence-corrected chi connectivity index (χ3v) is 4.59. The van der Waals surface area contributed by atoms with Crippen LogP contribution in [-0.4, -0.2) is 17.7 Å². The van der Waals surface area contributed by atoms with Crippen LogP contribution in [-0.2, 0) is 11.3 Å². The van der Waals surface area contributed by atoms with Crippen LogP contribution in [0.3, 0.4) is 0 Å². The van der Waals surface area contributed by atoms with Crippen molar-refractivity contribution in [3.05, 3.63) is 64.1 Å². The number of hydrogen-bond acceptors (Lipinski definition) is 3. The van der Waals surface area contributed by atoms with E-state index in [1.54, 1.807) is 0 Å². The van der Waals surface area contributed by atoms with Gasteiger partial charge in [0.1, 0.15) is 18.0 Å². The number of amides is 1. The summed E-state index contributed by atoms with van der Waals surface area (Å²) in [4.78, 5) is 12.0. The number of ether oxygens (including phenoxy) is 2. The van der Waals surface area contributed by atoms with E-state index in [1.165, 1.54) is 0 Å². The molecular weight excluding hydrogens is 394 g/mol. The van der Waals surface area contributed by atoms with Crippen molar-refractivity contribution in [1.82, 2.24) is 5.32 Å². The zero-order valence-electron chi connectivity index (χ0n) is 15.3. The first-order chi connectivity index (χ1) is 12.3. The molecule has 0 aliphatic heterocycles. The minimum atomic E-state index is -0.492. The lowest BCUT2D eigenvalue weighted by Crippen LogP contribution is -2.34. The standard InChI is InChI=1S/C21H24BrNO3/c1-21(2,3)26-20(24)23-18-12-16(18)17-11-15(22)9-10-19(17)25-13-14-7-5-4-6-8-14/h4-11,16,18H,12-13H2,1-3H3,(H,23,24)/t16-,18+/m0/s1. The van der Waals surface area contributed by atoms with E-state index in [0.717, 1.165) is 27.8 Å². The molecule has 2 aromatic carbocycles. The summed E-state index contributed by atoms with van der Waals surface area (Å²) in [6.45, 7) is 6.11. The molecule has 5 heteroatoms. The van der Waals surface area contributed by atoms with Crippen LogP contribution in [0, 0.1) is 0 Å². The maximum atomic E-state index is 12.0. The molecule has 0 aromatic heterocycles. The van der Waals surface area contributed by atoms with Gasteiger partial charge in [0.2, 0.25) is 0 Å². The van der Waals surface area contributed by atoms with E-state index < -0.39 is 5.60 Å². The number of alkyl carbamates (subject to hydrolysis) is 1. The van der Waals surface area contributed by atoms with E-state index in [-0.39, 0.29) is 18.1 Å². The van der Waals surface area contributed by atoms with Gasteiger partial charge in [-0.3, -0.25) is 0 Å². The first kappa shape index (κ1) is 18.8. The molecule has 2 atom stereocenters. The van der Waals surface area contributed by atoms with Crippen molar-refractivity contribution in [3.63, 3.8) is 0 Å². The number of carbonyl (C=O) groups is 1. The Labute approximate surface area is 163 Å². The van der Waals surface area contributed by atoms with Crippen LogP contribution in [0.5, 0.6) is 5.75 Å². The van der Waals surface area contributed by atoms with Gasteiger partial charge in [0.05, 0.1) is 0 Å². The van der Waals surface area contributed by atoms with E-state index in [1.807, 2.05) is 63.2 Å². The van der Waals surface area contributed by atoms with Crippen LogP contribution < -0.4 is 10.1 Å². The number of halogens is 1. The van der Waals surface area contributed by atoms with E-state index in [4.69, 9.17) is 9.47 Å². The Hall–Kier alpha value is -2.01. The highest BCUT2D eigenvalue weighted by atomic mass is 79.9. The molecule has 26 heavy (non-hydrogen) atoms. The second-order valence-corrected chi connectivity index (χ2v) is 8.47. The second-order valence-electron chi connectivity index (χ2n) is 7.55. The third-order valence-electron chi connectivity index (χ3n) is 4.10. The fraction of sp³-hybridized carbons (Fsp3) is 0.381. The molecule has 0 spiro atoms. The summed E-state index contributed by atoms with van der Waals surface area (Å²) in [6.07, 6.45) is 0.518. The first-order valence-corrected chi connectivity index (χ1v) is 9.57. The molecule has 1 fully saturated rings. The van der Waals surface area contributed by atoms with Crippen molar-refractivity contribution in [3.8, 4) is 5.75 Å². The SMILES string of the molecule is CC(C)(C)OC(=O)N[C@@H]1C[C@H]1c1cc(Br)ccc1OCc1ccccc1. The van der Waals surface area contributed by atoms with Gasteiger partial charge in [-0.05, 0) is 51.0 Å². The Bertz CT molecular complexity index is 771. The molecule has 4 nitrogen and oxygen atoms in total. The Morgan fingerprint density at radius 3 is 2.62 bits per heavy atom. The molecule has 0 heterocycles. The number of rotatable bonds is 5. The van der Waals surface area contributed by atoms with Gasteiger partial charge in [0, 0.05) is 22.0 Å². The van der Waals surface area contributed by atoms with Gasteiger partial charge >= 0.3 is 6.09 Å². The maximum Gasteiger partial charge on any atom is 0.407 e. The van der Waals surface area contributed by atoms with E-state index in [0.29, 0.717) is 6.61 Å². The van der Waals surface area contributed by atoms with Gasteiger partial charge in [-0.2, -0.15) is 0 Å². The molecule has 1 aliphatic rings. The average molecular weight is 418 g/mol. The Morgan fingerprint density at radius 2 is 1.92 bits per heavy atom. The maximum absolute atomic E-state index is 12.0. The first-order valence-electron chi connectivity index (χ1n) is 8.77. The second kappa shape index (κ2) is 7.70. The number of nitrogens with one attached hydrogen (secondary N) is 1. The summed E-state index contributed by atoms with van der Waals surface area (Å²) in [5.74, 6) is 1.10. The van der Waals surface area contributed by atoms with Gasteiger partial charge in [0.25, 0.3) is 0 Å². The zero-order valence-corrected chi connectivity index (χ0v) is 16.9. The number of carbonyl (C=O) groups excluding carboxylic acids is 1. The summed E-state index contributed by atoms with van der Waals surface area (Å²) in [5.41, 5.74) is 1.74. The quantitative estimate of drug-likeness (QED) is 0.707. The molecule has 0 radical (unpaired) electrons. The highest BCUT2D eigenvalue weighted by Gasteiger charge is 2.42. The van der Waals surface area contributed by atoms with Crippen LogP contribution in [0.15, 0.2) is 53.0 Å². The smallest absolute Gasteiger partial charge is 0.407 e. The molecular formula is C21H24BrNO3. The largest absolute Gasteiger partial charge is 0.489 e. The van der Waals surface area contributed by atoms with Crippen molar-refractivity contribution in [2.24, 2.45) is 0 Å². The van der Waals surface area contributed by atoms with Crippen LogP contribution in [0.2, 0.25) is 0 Å². The molecule has 0 bridgehead atoms. The lowest BCUT2D eigenvalue weighted by molar-refractivity contribution is 0.0522. The average Bonchev–Trinajstić information content (AvgIpc) is 3.31. The molecule has 2 aromatic rings. The lowest BCUT2D eigenvalue weighted by atomic mass is 10.1. The zero-order chi connectivity index (χ0) is 18.7. The van der Waals surface area contributed by atoms with Crippen molar-refractivity contribution >= 4 is 22.0 Å². The van der Waals surface area contributed by atoms with Crippen LogP contribution in [0.25, 0.3) is 0 Å². The van der Waals surface area contributed by atoms with Crippen molar-refractivity contribution in [2.75, 3.05) is 0 Å². The lowest BCUT2D eigenvalue weighted by Gasteiger charge is -2.20. The molecule has 1 amide bonds. The van der Waals surface area contributed by atoms with Crippen LogP contribution in [0.4, 0.5) is 4.79 Å².